The minimum atomic E-state index is -0.542. The number of aromatic hydroxyl groups is 1. The molecular formula is C14H17NO3. The Labute approximate surface area is 107 Å². The molecule has 0 bridgehead atoms. The van der Waals surface area contributed by atoms with Gasteiger partial charge in [-0.25, -0.2) is 4.79 Å². The van der Waals surface area contributed by atoms with Crippen LogP contribution < -0.4 is 5.32 Å². The number of ether oxygens (including phenoxy) is 1. The van der Waals surface area contributed by atoms with Crippen LogP contribution in [0.25, 0.3) is 0 Å². The van der Waals surface area contributed by atoms with Crippen LogP contribution in [0.4, 0.5) is 4.79 Å². The quantitative estimate of drug-likeness (QED) is 0.789. The maximum absolute atomic E-state index is 11.4. The number of amides is 1. The lowest BCUT2D eigenvalue weighted by Crippen LogP contribution is -2.32. The Morgan fingerprint density at radius 3 is 2.67 bits per heavy atom. The molecular weight excluding hydrogens is 230 g/mol. The Balaban J connectivity index is 2.59. The molecule has 0 spiro atoms. The average Bonchev–Trinajstić information content (AvgIpc) is 2.25. The first kappa shape index (κ1) is 13.9. The molecule has 0 atom stereocenters. The number of hydrogen-bond donors (Lipinski definition) is 2. The van der Waals surface area contributed by atoms with Gasteiger partial charge in [0.05, 0.1) is 0 Å². The van der Waals surface area contributed by atoms with E-state index in [1.807, 2.05) is 0 Å². The Bertz CT molecular complexity index is 481. The van der Waals surface area contributed by atoms with Crippen molar-refractivity contribution in [2.24, 2.45) is 0 Å². The molecule has 0 saturated carbocycles. The number of rotatable bonds is 2. The lowest BCUT2D eigenvalue weighted by Gasteiger charge is -2.19. The molecule has 0 aliphatic heterocycles. The zero-order valence-corrected chi connectivity index (χ0v) is 10.8. The number of phenolic OH excluding ortho intramolecular Hbond substituents is 1. The standard InChI is InChI=1S/C14H17NO3/c1-5-10-6-7-11(12(16)8-10)9-15-13(17)18-14(2,3)4/h1,6-8,16H,9H2,2-4H3,(H,15,17). The van der Waals surface area contributed by atoms with Crippen molar-refractivity contribution in [2.75, 3.05) is 0 Å². The predicted octanol–water partition coefficient (Wildman–Crippen LogP) is 2.40. The molecule has 4 nitrogen and oxygen atoms in total. The normalized spacial score (nSPS) is 10.6. The number of phenols is 1. The highest BCUT2D eigenvalue weighted by atomic mass is 16.6. The third-order valence-corrected chi connectivity index (χ3v) is 2.07. The molecule has 96 valence electrons. The van der Waals surface area contributed by atoms with Crippen molar-refractivity contribution in [1.82, 2.24) is 5.32 Å². The predicted molar refractivity (Wildman–Crippen MR) is 69.1 cm³/mol. The molecule has 0 saturated heterocycles. The summed E-state index contributed by atoms with van der Waals surface area (Å²) in [5.41, 5.74) is 0.632. The van der Waals surface area contributed by atoms with Crippen LogP contribution in [0.2, 0.25) is 0 Å². The summed E-state index contributed by atoms with van der Waals surface area (Å²) in [7, 11) is 0. The molecule has 1 amide bonds. The highest BCUT2D eigenvalue weighted by molar-refractivity contribution is 5.67. The van der Waals surface area contributed by atoms with Gasteiger partial charge in [-0.1, -0.05) is 12.0 Å². The first-order valence-corrected chi connectivity index (χ1v) is 5.57. The zero-order chi connectivity index (χ0) is 13.8. The van der Waals surface area contributed by atoms with E-state index in [4.69, 9.17) is 11.2 Å². The monoisotopic (exact) mass is 247 g/mol. The van der Waals surface area contributed by atoms with Crippen molar-refractivity contribution in [1.29, 1.82) is 0 Å². The third kappa shape index (κ3) is 4.38. The maximum Gasteiger partial charge on any atom is 0.407 e. The first-order valence-electron chi connectivity index (χ1n) is 5.57. The minimum Gasteiger partial charge on any atom is -0.508 e. The van der Waals surface area contributed by atoms with Crippen LogP contribution in [0, 0.1) is 12.3 Å². The van der Waals surface area contributed by atoms with Gasteiger partial charge in [-0.3, -0.25) is 0 Å². The zero-order valence-electron chi connectivity index (χ0n) is 10.8. The summed E-state index contributed by atoms with van der Waals surface area (Å²) in [5, 5.41) is 12.2. The van der Waals surface area contributed by atoms with Crippen LogP contribution in [0.3, 0.4) is 0 Å². The smallest absolute Gasteiger partial charge is 0.407 e. The summed E-state index contributed by atoms with van der Waals surface area (Å²) in [5.74, 6) is 2.48. The van der Waals surface area contributed by atoms with Gasteiger partial charge in [-0.05, 0) is 32.9 Å². The van der Waals surface area contributed by atoms with Crippen molar-refractivity contribution in [2.45, 2.75) is 32.9 Å². The largest absolute Gasteiger partial charge is 0.508 e. The fourth-order valence-corrected chi connectivity index (χ4v) is 1.28. The lowest BCUT2D eigenvalue weighted by molar-refractivity contribution is 0.0523. The fourth-order valence-electron chi connectivity index (χ4n) is 1.28. The molecule has 1 aromatic carbocycles. The summed E-state index contributed by atoms with van der Waals surface area (Å²) in [6, 6.07) is 4.85. The SMILES string of the molecule is C#Cc1ccc(CNC(=O)OC(C)(C)C)c(O)c1. The molecule has 4 heteroatoms. The second kappa shape index (κ2) is 5.46. The third-order valence-electron chi connectivity index (χ3n) is 2.07. The number of benzene rings is 1. The highest BCUT2D eigenvalue weighted by Gasteiger charge is 2.16. The van der Waals surface area contributed by atoms with Crippen LogP contribution >= 0.6 is 0 Å². The van der Waals surface area contributed by atoms with Gasteiger partial charge >= 0.3 is 6.09 Å². The number of alkyl carbamates (subject to hydrolysis) is 1. The molecule has 0 aliphatic rings. The Kier molecular flexibility index (Phi) is 4.22. The van der Waals surface area contributed by atoms with Crippen LogP contribution in [-0.2, 0) is 11.3 Å². The molecule has 0 aromatic heterocycles. The molecule has 0 aliphatic carbocycles. The van der Waals surface area contributed by atoms with Crippen LogP contribution in [-0.4, -0.2) is 16.8 Å². The van der Waals surface area contributed by atoms with E-state index in [-0.39, 0.29) is 12.3 Å². The van der Waals surface area contributed by atoms with Gasteiger partial charge in [0, 0.05) is 17.7 Å². The number of carbonyl (C=O) groups excluding carboxylic acids is 1. The van der Waals surface area contributed by atoms with Gasteiger partial charge in [0.1, 0.15) is 11.4 Å². The van der Waals surface area contributed by atoms with Crippen LogP contribution in [0.1, 0.15) is 31.9 Å². The summed E-state index contributed by atoms with van der Waals surface area (Å²) >= 11 is 0. The number of carbonyl (C=O) groups is 1. The summed E-state index contributed by atoms with van der Waals surface area (Å²) < 4.78 is 5.08. The first-order chi connectivity index (χ1) is 8.31. The highest BCUT2D eigenvalue weighted by Crippen LogP contribution is 2.18. The molecule has 2 N–H and O–H groups in total. The fraction of sp³-hybridized carbons (Fsp3) is 0.357. The van der Waals surface area contributed by atoms with E-state index in [1.54, 1.807) is 32.9 Å². The molecule has 18 heavy (non-hydrogen) atoms. The average molecular weight is 247 g/mol. The summed E-state index contributed by atoms with van der Waals surface area (Å²) in [6.45, 7) is 5.54. The Morgan fingerprint density at radius 1 is 1.50 bits per heavy atom. The number of terminal acetylenes is 1. The second-order valence-electron chi connectivity index (χ2n) is 4.84. The lowest BCUT2D eigenvalue weighted by atomic mass is 10.1. The van der Waals surface area contributed by atoms with E-state index in [9.17, 15) is 9.90 Å². The van der Waals surface area contributed by atoms with Gasteiger partial charge in [0.2, 0.25) is 0 Å². The summed E-state index contributed by atoms with van der Waals surface area (Å²) in [6.07, 6.45) is 4.68. The van der Waals surface area contributed by atoms with Crippen LogP contribution in [0.5, 0.6) is 5.75 Å². The van der Waals surface area contributed by atoms with Crippen molar-refractivity contribution >= 4 is 6.09 Å². The van der Waals surface area contributed by atoms with E-state index in [0.717, 1.165) is 0 Å². The van der Waals surface area contributed by atoms with Crippen LogP contribution in [0.15, 0.2) is 18.2 Å². The van der Waals surface area contributed by atoms with E-state index in [2.05, 4.69) is 11.2 Å². The van der Waals surface area contributed by atoms with Gasteiger partial charge in [0.25, 0.3) is 0 Å². The van der Waals surface area contributed by atoms with E-state index in [1.165, 1.54) is 6.07 Å². The topological polar surface area (TPSA) is 58.6 Å². The van der Waals surface area contributed by atoms with Gasteiger partial charge in [-0.15, -0.1) is 6.42 Å². The molecule has 1 rings (SSSR count). The van der Waals surface area contributed by atoms with E-state index >= 15 is 0 Å². The van der Waals surface area contributed by atoms with E-state index < -0.39 is 11.7 Å². The Morgan fingerprint density at radius 2 is 2.17 bits per heavy atom. The minimum absolute atomic E-state index is 0.0570. The Hall–Kier alpha value is -2.15. The van der Waals surface area contributed by atoms with Gasteiger partial charge < -0.3 is 15.2 Å². The molecule has 0 radical (unpaired) electrons. The molecule has 0 unspecified atom stereocenters. The van der Waals surface area contributed by atoms with Gasteiger partial charge in [0.15, 0.2) is 0 Å². The van der Waals surface area contributed by atoms with Crippen molar-refractivity contribution in [3.63, 3.8) is 0 Å². The molecule has 1 aromatic rings. The number of nitrogens with one attached hydrogen (secondary N) is 1. The van der Waals surface area contributed by atoms with Gasteiger partial charge in [-0.2, -0.15) is 0 Å². The second-order valence-corrected chi connectivity index (χ2v) is 4.84. The molecule has 0 heterocycles. The van der Waals surface area contributed by atoms with E-state index in [0.29, 0.717) is 11.1 Å². The maximum atomic E-state index is 11.4. The van der Waals surface area contributed by atoms with Crippen molar-refractivity contribution in [3.05, 3.63) is 29.3 Å². The van der Waals surface area contributed by atoms with Crippen molar-refractivity contribution < 1.29 is 14.6 Å². The summed E-state index contributed by atoms with van der Waals surface area (Å²) in [4.78, 5) is 11.4. The van der Waals surface area contributed by atoms with Crippen molar-refractivity contribution in [3.8, 4) is 18.1 Å². The number of hydrogen-bond acceptors (Lipinski definition) is 3. The molecule has 0 fully saturated rings.